The van der Waals surface area contributed by atoms with Gasteiger partial charge in [-0.15, -0.1) is 5.10 Å². The van der Waals surface area contributed by atoms with E-state index in [2.05, 4.69) is 21.4 Å². The Kier molecular flexibility index (Phi) is 5.74. The molecule has 0 fully saturated rings. The molecule has 3 heterocycles. The van der Waals surface area contributed by atoms with E-state index >= 15 is 0 Å². The van der Waals surface area contributed by atoms with Crippen LogP contribution in [0.25, 0.3) is 10.9 Å². The van der Waals surface area contributed by atoms with E-state index in [-0.39, 0.29) is 0 Å². The third-order valence-electron chi connectivity index (χ3n) is 6.67. The molecule has 5 aromatic rings. The highest BCUT2D eigenvalue weighted by Gasteiger charge is 2.40. The molecule has 2 aromatic carbocycles. The molecule has 1 atom stereocenters. The minimum atomic E-state index is -1.63. The van der Waals surface area contributed by atoms with Crippen LogP contribution in [0.2, 0.25) is 0 Å². The van der Waals surface area contributed by atoms with E-state index in [1.165, 1.54) is 10.9 Å². The lowest BCUT2D eigenvalue weighted by Crippen LogP contribution is -2.33. The molecule has 0 saturated heterocycles. The Morgan fingerprint density at radius 3 is 2.47 bits per heavy atom. The first kappa shape index (κ1) is 23.2. The van der Waals surface area contributed by atoms with Crippen LogP contribution in [-0.4, -0.2) is 41.7 Å². The molecule has 180 valence electrons. The number of nitrogens with zero attached hydrogens (tertiary/aromatic N) is 7. The summed E-state index contributed by atoms with van der Waals surface area (Å²) in [5.74, 6) is 1.15. The van der Waals surface area contributed by atoms with E-state index in [4.69, 9.17) is 9.72 Å². The first-order valence-electron chi connectivity index (χ1n) is 11.4. The first-order chi connectivity index (χ1) is 17.4. The van der Waals surface area contributed by atoms with Gasteiger partial charge in [0.05, 0.1) is 36.3 Å². The summed E-state index contributed by atoms with van der Waals surface area (Å²) in [6.45, 7) is 1.87. The average molecular weight is 480 g/mol. The molecule has 9 heteroatoms. The smallest absolute Gasteiger partial charge is 0.218 e. The Balaban J connectivity index is 1.78. The number of aryl methyl sites for hydroxylation is 2. The Hall–Kier alpha value is -4.55. The lowest BCUT2D eigenvalue weighted by atomic mass is 9.85. The minimum absolute atomic E-state index is 0.406. The Morgan fingerprint density at radius 2 is 1.86 bits per heavy atom. The van der Waals surface area contributed by atoms with Gasteiger partial charge in [0.15, 0.2) is 5.60 Å². The summed E-state index contributed by atoms with van der Waals surface area (Å²) in [6, 6.07) is 17.6. The summed E-state index contributed by atoms with van der Waals surface area (Å²) in [6.07, 6.45) is 3.66. The van der Waals surface area contributed by atoms with Gasteiger partial charge in [-0.3, -0.25) is 0 Å². The maximum absolute atomic E-state index is 12.3. The molecule has 36 heavy (non-hydrogen) atoms. The number of hydrogen-bond donors (Lipinski definition) is 1. The highest BCUT2D eigenvalue weighted by atomic mass is 16.5. The van der Waals surface area contributed by atoms with Crippen LogP contribution in [0.1, 0.15) is 39.5 Å². The van der Waals surface area contributed by atoms with Gasteiger partial charge >= 0.3 is 0 Å². The molecule has 1 N–H and O–H groups in total. The van der Waals surface area contributed by atoms with Crippen molar-refractivity contribution in [3.05, 3.63) is 100 Å². The van der Waals surface area contributed by atoms with Gasteiger partial charge in [-0.25, -0.2) is 14.6 Å². The SMILES string of the molecule is COc1nc2ccc(C(O)(c3cnnn3C)c3cnc(C)n3C)cc2c(C#N)c1Cc1ccccc1. The predicted octanol–water partition coefficient (Wildman–Crippen LogP) is 3.16. The number of aromatic nitrogens is 6. The monoisotopic (exact) mass is 479 g/mol. The first-order valence-corrected chi connectivity index (χ1v) is 11.4. The van der Waals surface area contributed by atoms with E-state index in [1.54, 1.807) is 32.5 Å². The Bertz CT molecular complexity index is 1610. The standard InChI is InChI=1S/C27H25N7O2/c1-17-29-15-24(33(17)2)27(35,25-16-30-32-34(25)3)19-10-11-23-20(13-19)22(14-28)21(26(31-23)36-4)12-18-8-6-5-7-9-18/h5-11,13,15-16,35H,12H2,1-4H3. The lowest BCUT2D eigenvalue weighted by molar-refractivity contribution is 0.108. The fourth-order valence-electron chi connectivity index (χ4n) is 4.65. The second-order valence-electron chi connectivity index (χ2n) is 8.68. The van der Waals surface area contributed by atoms with Gasteiger partial charge < -0.3 is 14.4 Å². The summed E-state index contributed by atoms with van der Waals surface area (Å²) in [4.78, 5) is 9.09. The van der Waals surface area contributed by atoms with Crippen molar-refractivity contribution in [3.63, 3.8) is 0 Å². The fraction of sp³-hybridized carbons (Fsp3) is 0.222. The number of hydrogen-bond acceptors (Lipinski definition) is 7. The maximum atomic E-state index is 12.3. The van der Waals surface area contributed by atoms with Crippen LogP contribution >= 0.6 is 0 Å². The van der Waals surface area contributed by atoms with Crippen molar-refractivity contribution < 1.29 is 9.84 Å². The summed E-state index contributed by atoms with van der Waals surface area (Å²) in [5.41, 5.74) is 2.70. The van der Waals surface area contributed by atoms with Crippen molar-refractivity contribution in [3.8, 4) is 11.9 Å². The van der Waals surface area contributed by atoms with Crippen LogP contribution in [0.15, 0.2) is 60.9 Å². The summed E-state index contributed by atoms with van der Waals surface area (Å²) in [5, 5.41) is 31.3. The van der Waals surface area contributed by atoms with Crippen LogP contribution in [0, 0.1) is 18.3 Å². The van der Waals surface area contributed by atoms with Crippen molar-refractivity contribution in [1.82, 2.24) is 29.5 Å². The van der Waals surface area contributed by atoms with Gasteiger partial charge in [0.1, 0.15) is 17.6 Å². The van der Waals surface area contributed by atoms with Crippen LogP contribution < -0.4 is 4.74 Å². The molecule has 0 saturated carbocycles. The van der Waals surface area contributed by atoms with Gasteiger partial charge in [-0.2, -0.15) is 5.26 Å². The second kappa shape index (κ2) is 8.91. The van der Waals surface area contributed by atoms with Gasteiger partial charge in [-0.1, -0.05) is 41.6 Å². The molecule has 0 aliphatic carbocycles. The molecular formula is C27H25N7O2. The van der Waals surface area contributed by atoms with Crippen LogP contribution in [-0.2, 0) is 26.1 Å². The molecule has 1 unspecified atom stereocenters. The van der Waals surface area contributed by atoms with E-state index in [9.17, 15) is 10.4 Å². The van der Waals surface area contributed by atoms with Gasteiger partial charge in [0.25, 0.3) is 0 Å². The third-order valence-corrected chi connectivity index (χ3v) is 6.67. The van der Waals surface area contributed by atoms with Gasteiger partial charge in [0.2, 0.25) is 5.88 Å². The highest BCUT2D eigenvalue weighted by Crippen LogP contribution is 2.39. The van der Waals surface area contributed by atoms with Gasteiger partial charge in [-0.05, 0) is 30.2 Å². The van der Waals surface area contributed by atoms with Crippen molar-refractivity contribution in [2.24, 2.45) is 14.1 Å². The summed E-state index contributed by atoms with van der Waals surface area (Å²) in [7, 11) is 5.12. The largest absolute Gasteiger partial charge is 0.481 e. The van der Waals surface area contributed by atoms with Crippen LogP contribution in [0.5, 0.6) is 5.88 Å². The molecule has 9 nitrogen and oxygen atoms in total. The molecule has 0 radical (unpaired) electrons. The minimum Gasteiger partial charge on any atom is -0.481 e. The fourth-order valence-corrected chi connectivity index (χ4v) is 4.65. The molecular weight excluding hydrogens is 454 g/mol. The predicted molar refractivity (Wildman–Crippen MR) is 133 cm³/mol. The van der Waals surface area contributed by atoms with E-state index in [1.807, 2.05) is 54.9 Å². The van der Waals surface area contributed by atoms with E-state index in [0.29, 0.717) is 51.3 Å². The number of aliphatic hydroxyl groups is 1. The van der Waals surface area contributed by atoms with Gasteiger partial charge in [0, 0.05) is 31.5 Å². The number of imidazole rings is 1. The second-order valence-corrected chi connectivity index (χ2v) is 8.68. The molecule has 0 spiro atoms. The summed E-state index contributed by atoms with van der Waals surface area (Å²) >= 11 is 0. The van der Waals surface area contributed by atoms with E-state index in [0.717, 1.165) is 11.4 Å². The molecule has 3 aromatic heterocycles. The quantitative estimate of drug-likeness (QED) is 0.398. The Labute approximate surface area is 208 Å². The summed E-state index contributed by atoms with van der Waals surface area (Å²) < 4.78 is 8.95. The zero-order chi connectivity index (χ0) is 25.4. The molecule has 0 bridgehead atoms. The zero-order valence-corrected chi connectivity index (χ0v) is 20.5. The number of fused-ring (bicyclic) bond motifs is 1. The zero-order valence-electron chi connectivity index (χ0n) is 20.5. The molecule has 5 rings (SSSR count). The van der Waals surface area contributed by atoms with E-state index < -0.39 is 5.60 Å². The highest BCUT2D eigenvalue weighted by molar-refractivity contribution is 5.88. The molecule has 0 amide bonds. The number of pyridine rings is 1. The number of rotatable bonds is 6. The molecule has 0 aliphatic heterocycles. The number of methoxy groups -OCH3 is 1. The van der Waals surface area contributed by atoms with Crippen LogP contribution in [0.4, 0.5) is 0 Å². The normalized spacial score (nSPS) is 12.9. The van der Waals surface area contributed by atoms with Crippen molar-refractivity contribution >= 4 is 10.9 Å². The average Bonchev–Trinajstić information content (AvgIpc) is 3.48. The van der Waals surface area contributed by atoms with Crippen molar-refractivity contribution in [2.45, 2.75) is 18.9 Å². The van der Waals surface area contributed by atoms with Crippen molar-refractivity contribution in [2.75, 3.05) is 7.11 Å². The topological polar surface area (TPSA) is 115 Å². The number of ether oxygens (including phenoxy) is 1. The van der Waals surface area contributed by atoms with Crippen molar-refractivity contribution in [1.29, 1.82) is 5.26 Å². The maximum Gasteiger partial charge on any atom is 0.218 e. The Morgan fingerprint density at radius 1 is 1.08 bits per heavy atom. The van der Waals surface area contributed by atoms with Crippen LogP contribution in [0.3, 0.4) is 0 Å². The number of benzene rings is 2. The third kappa shape index (κ3) is 3.59. The molecule has 0 aliphatic rings. The number of nitriles is 1. The lowest BCUT2D eigenvalue weighted by Gasteiger charge is -2.29.